The van der Waals surface area contributed by atoms with Crippen LogP contribution < -0.4 is 62.5 Å². The smallest absolute Gasteiger partial charge is 0.408 e. The number of phenolic OH excluding ortho intramolecular Hbond substituents is 3. The number of carbonyl (C=O) groups is 9. The number of aliphatic hydroxyl groups is 6. The van der Waals surface area contributed by atoms with E-state index in [2.05, 4.69) is 42.5 Å². The van der Waals surface area contributed by atoms with Gasteiger partial charge in [0.05, 0.1) is 35.3 Å². The van der Waals surface area contributed by atoms with E-state index in [9.17, 15) is 70.2 Å². The normalized spacial score (nSPS) is 26.0. The molecule has 38 heteroatoms. The highest BCUT2D eigenvalue weighted by molar-refractivity contribution is 6.32. The lowest BCUT2D eigenvalue weighted by Gasteiger charge is -2.48. The number of carbonyl (C=O) groups excluding carboxylic acids is 8. The first-order valence-electron chi connectivity index (χ1n) is 39.1. The molecule has 7 heterocycles. The van der Waals surface area contributed by atoms with Gasteiger partial charge in [0.15, 0.2) is 29.9 Å². The van der Waals surface area contributed by atoms with Crippen LogP contribution in [0.25, 0.3) is 22.3 Å². The maximum Gasteiger partial charge on any atom is 0.408 e. The standard InChI is InChI=1S/C86H88Cl3N9O26/c1-37(2)24-53(93-85(117)118-36-40-8-6-5-7-9-40)77(109)97-68-70(104)44-17-22-57(51(88)26-44)120-59-28-46-29-60(74(59)124-84-75(73(107)72(106)61(35-99)122-84)123-63-33-86(4,76(108)38(3)119-63)91-34-39-10-12-41(13-11-39)42-14-19-47(87)20-15-42)121-58-23-18-45(27-52(58)89)71(105)69-82(114)96-67(83(115)116)50-30-48(100)31-56(102)64(50)49-25-43(16-21-55(49)101)65(79(111)98-69)95-80(112)66(46)94-78(110)54(32-62(90)103)92-81(68)113/h5-23,25-31,37-38,53-54,61,63,65-73,75-76,84,91,99-102,104-108H,24,32-36H2,1-4H3,(H2,90,103)(H,92,113)(H,93,117)(H,94,110)(H,95,112)(H,96,114)(H,97,109)(H,98,111)(H,115,116)/t38-,53-,54-,61+,63-,65+,66+,67-,68+,69-,70+,71+,72+,73-,75?,76+,84?,86-/m0/s1. The largest absolute Gasteiger partial charge is 0.508 e. The Kier molecular flexibility index (Phi) is 27.5. The highest BCUT2D eigenvalue weighted by Gasteiger charge is 2.52. The van der Waals surface area contributed by atoms with Gasteiger partial charge in [-0.3, -0.25) is 33.6 Å². The van der Waals surface area contributed by atoms with Crippen molar-refractivity contribution >= 4 is 88.2 Å². The highest BCUT2D eigenvalue weighted by atomic mass is 35.5. The van der Waals surface area contributed by atoms with Gasteiger partial charge >= 0.3 is 12.1 Å². The number of benzene rings is 8. The van der Waals surface area contributed by atoms with E-state index in [0.717, 1.165) is 89.5 Å². The lowest BCUT2D eigenvalue weighted by Crippen LogP contribution is -2.65. The molecule has 2 unspecified atom stereocenters. The molecule has 0 aromatic heterocycles. The summed E-state index contributed by atoms with van der Waals surface area (Å²) in [4.78, 5) is 133. The average molecular weight is 1770 g/mol. The molecule has 15 rings (SSSR count). The van der Waals surface area contributed by atoms with Gasteiger partial charge in [0.25, 0.3) is 0 Å². The summed E-state index contributed by atoms with van der Waals surface area (Å²) < 4.78 is 45.0. The molecule has 20 N–H and O–H groups in total. The van der Waals surface area contributed by atoms with Gasteiger partial charge in [-0.05, 0) is 137 Å². The van der Waals surface area contributed by atoms with Crippen molar-refractivity contribution in [3.63, 3.8) is 0 Å². The molecule has 11 bridgehead atoms. The molecule has 7 aliphatic heterocycles. The molecule has 18 atom stereocenters. The number of fused-ring (bicyclic) bond motifs is 15. The van der Waals surface area contributed by atoms with Crippen molar-refractivity contribution in [2.24, 2.45) is 11.7 Å². The molecule has 2 saturated heterocycles. The van der Waals surface area contributed by atoms with Gasteiger partial charge in [0.2, 0.25) is 53.4 Å². The summed E-state index contributed by atoms with van der Waals surface area (Å²) in [5.41, 5.74) is 4.67. The topological polar surface area (TPSA) is 543 Å². The fourth-order valence-corrected chi connectivity index (χ4v) is 15.8. The molecule has 0 radical (unpaired) electrons. The molecule has 35 nitrogen and oxygen atoms in total. The summed E-state index contributed by atoms with van der Waals surface area (Å²) in [7, 11) is 0. The first-order chi connectivity index (χ1) is 59.0. The molecule has 0 saturated carbocycles. The summed E-state index contributed by atoms with van der Waals surface area (Å²) >= 11 is 20.5. The number of phenols is 3. The van der Waals surface area contributed by atoms with Crippen LogP contribution in [0.5, 0.6) is 46.0 Å². The Morgan fingerprint density at radius 2 is 1.25 bits per heavy atom. The van der Waals surface area contributed by atoms with E-state index < -0.39 is 254 Å². The van der Waals surface area contributed by atoms with E-state index in [1.165, 1.54) is 6.07 Å². The third kappa shape index (κ3) is 20.1. The van der Waals surface area contributed by atoms with Crippen LogP contribution in [0.15, 0.2) is 158 Å². The number of amides is 8. The molecule has 0 aliphatic carbocycles. The number of hydrogen-bond acceptors (Lipinski definition) is 26. The lowest BCUT2D eigenvalue weighted by molar-refractivity contribution is -0.334. The number of rotatable bonds is 19. The fraction of sp³-hybridized carbons (Fsp3) is 0.337. The Bertz CT molecular complexity index is 5390. The molecule has 124 heavy (non-hydrogen) atoms. The van der Waals surface area contributed by atoms with Crippen molar-refractivity contribution in [3.8, 4) is 68.2 Å². The maximum atomic E-state index is 16.3. The van der Waals surface area contributed by atoms with Crippen LogP contribution in [0.2, 0.25) is 15.1 Å². The van der Waals surface area contributed by atoms with Crippen LogP contribution in [0, 0.1) is 5.92 Å². The molecule has 8 amide bonds. The van der Waals surface area contributed by atoms with Crippen LogP contribution in [0.3, 0.4) is 0 Å². The predicted molar refractivity (Wildman–Crippen MR) is 440 cm³/mol. The molecule has 8 aromatic carbocycles. The molecule has 0 spiro atoms. The first kappa shape index (κ1) is 89.8. The Hall–Kier alpha value is -11.9. The number of carboxylic acid groups (broad SMARTS) is 1. The zero-order valence-electron chi connectivity index (χ0n) is 66.4. The summed E-state index contributed by atoms with van der Waals surface area (Å²) in [6.07, 6.45) is -20.5. The number of alkyl carbamates (subject to hydrolysis) is 1. The SMILES string of the molecule is CC(C)C[C@H](NC(=O)OCc1ccccc1)C(=O)N[C@H]1C(=O)N[C@@H](CC(N)=O)C(=O)N[C@H]2C(=O)N[C@H]3C(=O)N[C@H](C(=O)N[C@H](C(=O)O)c4cc(O)cc(O)c4-c4cc3ccc4O)[C@H](O)c3ccc(c(Cl)c3)Oc3cc2cc(c3OC2O[C@H](CO)[C@@H](O)[C@H](O)C2O[C@H]2C[C@](C)(NCc3ccc(-c4ccc(Cl)cc4)cc3)[C@H](O)[C@H](C)O2)Oc2ccc(cc2Cl)[C@H]1O. The number of hydrogen-bond donors (Lipinski definition) is 19. The second-order valence-corrected chi connectivity index (χ2v) is 32.4. The van der Waals surface area contributed by atoms with Crippen molar-refractivity contribution in [1.29, 1.82) is 0 Å². The second-order valence-electron chi connectivity index (χ2n) is 31.1. The zero-order chi connectivity index (χ0) is 89.0. The Labute approximate surface area is 722 Å². The number of nitrogens with one attached hydrogen (secondary N) is 8. The zero-order valence-corrected chi connectivity index (χ0v) is 68.6. The minimum atomic E-state index is -2.42. The van der Waals surface area contributed by atoms with Crippen LogP contribution in [-0.4, -0.2) is 190 Å². The Morgan fingerprint density at radius 1 is 0.637 bits per heavy atom. The summed E-state index contributed by atoms with van der Waals surface area (Å²) in [6, 6.07) is 21.5. The third-order valence-corrected chi connectivity index (χ3v) is 22.6. The van der Waals surface area contributed by atoms with Crippen LogP contribution >= 0.6 is 34.8 Å². The van der Waals surface area contributed by atoms with Crippen molar-refractivity contribution in [3.05, 3.63) is 212 Å². The van der Waals surface area contributed by atoms with E-state index >= 15 is 24.0 Å². The van der Waals surface area contributed by atoms with Crippen molar-refractivity contribution in [2.45, 2.75) is 169 Å². The van der Waals surface area contributed by atoms with Gasteiger partial charge in [-0.15, -0.1) is 0 Å². The molecule has 8 aromatic rings. The van der Waals surface area contributed by atoms with Crippen LogP contribution in [0.4, 0.5) is 4.79 Å². The molecular weight excluding hydrogens is 1680 g/mol. The van der Waals surface area contributed by atoms with Crippen molar-refractivity contribution in [2.75, 3.05) is 6.61 Å². The van der Waals surface area contributed by atoms with E-state index in [4.69, 9.17) is 73.7 Å². The lowest BCUT2D eigenvalue weighted by atomic mass is 9.84. The van der Waals surface area contributed by atoms with Gasteiger partial charge in [0, 0.05) is 46.3 Å². The molecule has 654 valence electrons. The minimum Gasteiger partial charge on any atom is -0.508 e. The van der Waals surface area contributed by atoms with Gasteiger partial charge < -0.3 is 132 Å². The van der Waals surface area contributed by atoms with Gasteiger partial charge in [-0.1, -0.05) is 134 Å². The number of aromatic hydroxyl groups is 3. The highest BCUT2D eigenvalue weighted by Crippen LogP contribution is 2.50. The van der Waals surface area contributed by atoms with E-state index in [1.807, 2.05) is 36.4 Å². The number of ether oxygens (including phenoxy) is 7. The quantitative estimate of drug-likeness (QED) is 0.0443. The predicted octanol–water partition coefficient (Wildman–Crippen LogP) is 5.96. The average Bonchev–Trinajstić information content (AvgIpc) is 0.768. The third-order valence-electron chi connectivity index (χ3n) is 21.7. The number of primary amides is 1. The summed E-state index contributed by atoms with van der Waals surface area (Å²) in [6.45, 7) is 5.63. The Balaban J connectivity index is 0.968. The second kappa shape index (κ2) is 38.0. The number of aliphatic carboxylic acids is 1. The minimum absolute atomic E-state index is 0.112. The fourth-order valence-electron chi connectivity index (χ4n) is 15.2. The summed E-state index contributed by atoms with van der Waals surface area (Å²) in [5.74, 6) is -17.1. The van der Waals surface area contributed by atoms with E-state index in [0.29, 0.717) is 10.6 Å². The van der Waals surface area contributed by atoms with E-state index in [1.54, 1.807) is 70.2 Å². The van der Waals surface area contributed by atoms with Gasteiger partial charge in [0.1, 0.15) is 102 Å². The van der Waals surface area contributed by atoms with Gasteiger partial charge in [-0.25, -0.2) is 9.59 Å². The molecular formula is C86H88Cl3N9O26. The molecule has 7 aliphatic rings. The monoisotopic (exact) mass is 1770 g/mol. The maximum absolute atomic E-state index is 16.3. The number of nitrogens with two attached hydrogens (primary N) is 1. The summed E-state index contributed by atoms with van der Waals surface area (Å²) in [5, 5.41) is 137. The first-order valence-corrected chi connectivity index (χ1v) is 40.2. The molecule has 2 fully saturated rings. The van der Waals surface area contributed by atoms with Crippen molar-refractivity contribution < 1.29 is 127 Å². The van der Waals surface area contributed by atoms with Crippen LogP contribution in [-0.2, 0) is 70.5 Å². The number of carboxylic acids is 1. The number of aliphatic hydroxyl groups excluding tert-OH is 6. The number of halogens is 3. The Morgan fingerprint density at radius 3 is 1.87 bits per heavy atom. The van der Waals surface area contributed by atoms with E-state index in [-0.39, 0.29) is 48.6 Å². The van der Waals surface area contributed by atoms with Crippen molar-refractivity contribution in [1.82, 2.24) is 42.5 Å². The van der Waals surface area contributed by atoms with Gasteiger partial charge in [-0.2, -0.15) is 0 Å². The van der Waals surface area contributed by atoms with Crippen LogP contribution in [0.1, 0.15) is 116 Å².